The van der Waals surface area contributed by atoms with Crippen LogP contribution >= 0.6 is 31.9 Å². The van der Waals surface area contributed by atoms with E-state index in [9.17, 15) is 30.3 Å². The number of carbonyl (C=O) groups is 1. The molecule has 0 amide bonds. The molecule has 17 aromatic rings. The molecule has 4 aromatic heterocycles. The Balaban J connectivity index is 0.000000121. The minimum Gasteiger partial charge on any atom is -0.506 e. The van der Waals surface area contributed by atoms with E-state index in [1.807, 2.05) is 152 Å². The van der Waals surface area contributed by atoms with Crippen molar-refractivity contribution in [2.24, 2.45) is 0 Å². The minimum absolute atomic E-state index is 0.00371. The molecular weight excluding hydrogens is 1540 g/mol. The number of halogens is 2. The molecule has 0 atom stereocenters. The second-order valence-corrected chi connectivity index (χ2v) is 30.9. The predicted molar refractivity (Wildman–Crippen MR) is 470 cm³/mol. The summed E-state index contributed by atoms with van der Waals surface area (Å²) in [5.74, 6) is 1.28. The number of likely N-dealkylation sites (N-methyl/N-ethyl adjacent to an activating group) is 6. The Hall–Kier alpha value is -11.6. The number of carbonyl (C=O) groups excluding carboxylic acids is 1. The van der Waals surface area contributed by atoms with Crippen LogP contribution in [0.3, 0.4) is 0 Å². The molecule has 16 nitrogen and oxygen atoms in total. The van der Waals surface area contributed by atoms with Gasteiger partial charge in [-0.2, -0.15) is 0 Å². The fourth-order valence-corrected chi connectivity index (χ4v) is 17.4. The van der Waals surface area contributed by atoms with Gasteiger partial charge in [0, 0.05) is 129 Å². The van der Waals surface area contributed by atoms with Crippen LogP contribution in [0.1, 0.15) is 38.8 Å². The van der Waals surface area contributed by atoms with Crippen molar-refractivity contribution in [2.75, 3.05) is 81.6 Å². The highest BCUT2D eigenvalue weighted by Gasteiger charge is 2.31. The van der Waals surface area contributed by atoms with Gasteiger partial charge in [-0.15, -0.1) is 0 Å². The number of benzene rings is 13. The first-order valence-electron chi connectivity index (χ1n) is 37.9. The maximum atomic E-state index is 11.4. The number of phenolic OH excluding ortho intramolecular Hbond substituents is 5. The van der Waals surface area contributed by atoms with Crippen molar-refractivity contribution < 1.29 is 30.3 Å². The Morgan fingerprint density at radius 3 is 1.01 bits per heavy atom. The van der Waals surface area contributed by atoms with Crippen LogP contribution in [0.15, 0.2) is 288 Å². The van der Waals surface area contributed by atoms with Gasteiger partial charge in [0.15, 0.2) is 6.29 Å². The van der Waals surface area contributed by atoms with Crippen molar-refractivity contribution in [3.8, 4) is 51.5 Å². The van der Waals surface area contributed by atoms with Gasteiger partial charge in [0.05, 0.1) is 83.1 Å². The highest BCUT2D eigenvalue weighted by atomic mass is 79.9. The number of phenols is 5. The molecule has 570 valence electrons. The van der Waals surface area contributed by atoms with Crippen LogP contribution in [0, 0.1) is 0 Å². The van der Waals surface area contributed by atoms with Crippen LogP contribution in [0.2, 0.25) is 0 Å². The Bertz CT molecular complexity index is 6120. The van der Waals surface area contributed by atoms with Gasteiger partial charge in [-0.3, -0.25) is 14.6 Å². The van der Waals surface area contributed by atoms with E-state index in [2.05, 4.69) is 237 Å². The standard InChI is InChI=1S/C30H29Br2N3O2.C23H23N3O.C23H25N3O.C19H13NO2/c1-33(14-15-34(2)19-21-16-22(31)17-25(32)29(21)36)18-20-8-7-13-28(30(20)37)35-26-11-5-3-9-23(26)24-10-4-6-12-27(24)35;1-24-14-15-25(2)23(24)18-10-7-13-21(22(18)27)26-19-11-5-3-8-16(19)17-9-4-6-12-20(17)26;1-24-14-15-25(2)16-17-8-7-13-22(23(17)27)26-20-11-5-3-9-18(20)19-10-4-6-12-21(19)26;21-12-13-6-5-11-18(19(13)22)20-16-9-3-1-7-14(16)15-8-2-4-10-17(15)20/h3-13,16-17,36-37H,14-15,18-19H2,1-2H3;3-13,23,27H,14-15H2,1-2H3;3-13,24,27H,14-16H2,1-2H3;1-12,22H. The third-order valence-corrected chi connectivity index (χ3v) is 22.7. The van der Waals surface area contributed by atoms with Crippen molar-refractivity contribution >= 4 is 125 Å². The van der Waals surface area contributed by atoms with E-state index >= 15 is 0 Å². The van der Waals surface area contributed by atoms with Crippen molar-refractivity contribution in [2.45, 2.75) is 25.8 Å². The van der Waals surface area contributed by atoms with Crippen LogP contribution in [-0.2, 0) is 19.6 Å². The number of hydrogen-bond donors (Lipinski definition) is 6. The Labute approximate surface area is 673 Å². The summed E-state index contributed by atoms with van der Waals surface area (Å²) < 4.78 is 10.1. The van der Waals surface area contributed by atoms with Gasteiger partial charge in [-0.05, 0) is 149 Å². The Kier molecular flexibility index (Phi) is 23.0. The number of aromatic hydroxyl groups is 5. The van der Waals surface area contributed by atoms with Crippen LogP contribution < -0.4 is 5.32 Å². The predicted octanol–water partition coefficient (Wildman–Crippen LogP) is 20.1. The van der Waals surface area contributed by atoms with Crippen LogP contribution in [-0.4, -0.2) is 156 Å². The molecule has 113 heavy (non-hydrogen) atoms. The van der Waals surface area contributed by atoms with Crippen molar-refractivity contribution in [1.29, 1.82) is 0 Å². The van der Waals surface area contributed by atoms with Gasteiger partial charge >= 0.3 is 0 Å². The molecule has 1 saturated heterocycles. The molecule has 13 aromatic carbocycles. The zero-order valence-electron chi connectivity index (χ0n) is 64.0. The van der Waals surface area contributed by atoms with Gasteiger partial charge in [0.1, 0.15) is 28.7 Å². The summed E-state index contributed by atoms with van der Waals surface area (Å²) in [7, 11) is 12.4. The molecule has 5 heterocycles. The number of rotatable bonds is 18. The van der Waals surface area contributed by atoms with Crippen molar-refractivity contribution in [3.05, 3.63) is 316 Å². The topological polar surface area (TPSA) is 166 Å². The lowest BCUT2D eigenvalue weighted by atomic mass is 10.1. The Morgan fingerprint density at radius 1 is 0.363 bits per heavy atom. The van der Waals surface area contributed by atoms with Crippen LogP contribution in [0.25, 0.3) is 110 Å². The van der Waals surface area contributed by atoms with Crippen LogP contribution in [0.5, 0.6) is 28.7 Å². The zero-order valence-corrected chi connectivity index (χ0v) is 67.2. The summed E-state index contributed by atoms with van der Waals surface area (Å²) in [5.41, 5.74) is 15.6. The van der Waals surface area contributed by atoms with Gasteiger partial charge in [0.2, 0.25) is 0 Å². The van der Waals surface area contributed by atoms with Crippen molar-refractivity contribution in [1.82, 2.24) is 48.1 Å². The van der Waals surface area contributed by atoms with Gasteiger partial charge < -0.3 is 63.8 Å². The molecule has 1 fully saturated rings. The fourth-order valence-electron chi connectivity index (χ4n) is 16.1. The number of fused-ring (bicyclic) bond motifs is 12. The summed E-state index contributed by atoms with van der Waals surface area (Å²) in [6.45, 7) is 7.43. The van der Waals surface area contributed by atoms with E-state index < -0.39 is 0 Å². The first kappa shape index (κ1) is 76.8. The zero-order chi connectivity index (χ0) is 78.6. The van der Waals surface area contributed by atoms with E-state index in [0.717, 1.165) is 138 Å². The summed E-state index contributed by atoms with van der Waals surface area (Å²) in [6.07, 6.45) is 0.769. The maximum absolute atomic E-state index is 11.4. The highest BCUT2D eigenvalue weighted by molar-refractivity contribution is 9.11. The number of hydrogen-bond acceptors (Lipinski definition) is 12. The molecule has 1 aliphatic rings. The SMILES string of the molecule is CN(CCN(C)Cc1cccc(-n2c3ccccc3c3ccccc32)c1O)Cc1cc(Br)cc(Br)c1O.CN1CCN(C)C1c1cccc(-n2c3ccccc3c3ccccc32)c1O.CNCCN(C)Cc1cccc(-n2c3ccccc3c3ccccc32)c1O.O=Cc1cccc(-n2c3ccccc3c3ccccc32)c1O. The van der Waals surface area contributed by atoms with Gasteiger partial charge in [-0.25, -0.2) is 0 Å². The smallest absolute Gasteiger partial charge is 0.153 e. The van der Waals surface area contributed by atoms with Crippen molar-refractivity contribution in [3.63, 3.8) is 0 Å². The third kappa shape index (κ3) is 15.3. The summed E-state index contributed by atoms with van der Waals surface area (Å²) in [6, 6.07) is 93.3. The molecule has 0 radical (unpaired) electrons. The molecule has 0 unspecified atom stereocenters. The maximum Gasteiger partial charge on any atom is 0.153 e. The largest absolute Gasteiger partial charge is 0.506 e. The average Bonchev–Trinajstić information content (AvgIpc) is 1.61. The first-order valence-corrected chi connectivity index (χ1v) is 39.5. The lowest BCUT2D eigenvalue weighted by Crippen LogP contribution is -2.30. The van der Waals surface area contributed by atoms with Gasteiger partial charge in [0.25, 0.3) is 0 Å². The molecule has 0 saturated carbocycles. The summed E-state index contributed by atoms with van der Waals surface area (Å²) >= 11 is 6.90. The molecule has 6 N–H and O–H groups in total. The molecule has 18 rings (SSSR count). The minimum atomic E-state index is 0.00371. The number of nitrogens with zero attached hydrogens (tertiary/aromatic N) is 9. The number of aldehydes is 1. The van der Waals surface area contributed by atoms with E-state index in [-0.39, 0.29) is 17.7 Å². The third-order valence-electron chi connectivity index (χ3n) is 21.7. The normalized spacial score (nSPS) is 12.8. The number of nitrogens with one attached hydrogen (secondary N) is 1. The molecule has 18 heteroatoms. The summed E-state index contributed by atoms with van der Waals surface area (Å²) in [4.78, 5) is 22.3. The average molecular weight is 1630 g/mol. The van der Waals surface area contributed by atoms with E-state index in [4.69, 9.17) is 0 Å². The lowest BCUT2D eigenvalue weighted by Gasteiger charge is -2.27. The van der Waals surface area contributed by atoms with Crippen LogP contribution in [0.4, 0.5) is 0 Å². The van der Waals surface area contributed by atoms with E-state index in [0.29, 0.717) is 58.9 Å². The highest BCUT2D eigenvalue weighted by Crippen LogP contribution is 2.44. The van der Waals surface area contributed by atoms with Gasteiger partial charge in [-0.1, -0.05) is 204 Å². The lowest BCUT2D eigenvalue weighted by molar-refractivity contribution is 0.112. The van der Waals surface area contributed by atoms with E-state index in [1.165, 1.54) is 32.3 Å². The second kappa shape index (κ2) is 33.8. The molecular formula is C95H90Br2N10O6. The molecule has 1 aliphatic heterocycles. The second-order valence-electron chi connectivity index (χ2n) is 29.1. The summed E-state index contributed by atoms with van der Waals surface area (Å²) in [5, 5.41) is 67.1. The molecule has 0 bridgehead atoms. The fraction of sp³-hybridized carbons (Fsp3) is 0.168. The quantitative estimate of drug-likeness (QED) is 0.0451. The molecule has 0 aliphatic carbocycles. The Morgan fingerprint density at radius 2 is 0.664 bits per heavy atom. The number of aromatic nitrogens is 4. The monoisotopic (exact) mass is 1620 g/mol. The molecule has 0 spiro atoms. The number of para-hydroxylation sites is 12. The van der Waals surface area contributed by atoms with E-state index in [1.54, 1.807) is 12.1 Å². The first-order chi connectivity index (χ1) is 55.0.